The van der Waals surface area contributed by atoms with Crippen molar-refractivity contribution in [2.24, 2.45) is 11.8 Å². The predicted octanol–water partition coefficient (Wildman–Crippen LogP) is 6.00. The molecular weight excluding hydrogens is 327 g/mol. The summed E-state index contributed by atoms with van der Waals surface area (Å²) in [5.74, 6) is 1.10. The summed E-state index contributed by atoms with van der Waals surface area (Å²) in [6, 6.07) is 5.33. The van der Waals surface area contributed by atoms with Crippen LogP contribution in [0.2, 0.25) is 5.02 Å². The van der Waals surface area contributed by atoms with Crippen LogP contribution in [-0.4, -0.2) is 4.83 Å². The predicted molar refractivity (Wildman–Crippen MR) is 83.6 cm³/mol. The van der Waals surface area contributed by atoms with E-state index < -0.39 is 0 Å². The number of hydrogen-bond donors (Lipinski definition) is 0. The van der Waals surface area contributed by atoms with Crippen LogP contribution in [0.25, 0.3) is 0 Å². The molecule has 0 radical (unpaired) electrons. The second-order valence-electron chi connectivity index (χ2n) is 5.66. The quantitative estimate of drug-likeness (QED) is 0.586. The third kappa shape index (κ3) is 3.95. The molecule has 0 N–H and O–H groups in total. The molecule has 1 aromatic carbocycles. The molecule has 1 aliphatic carbocycles. The molecule has 2 rings (SSSR count). The zero-order valence-electron chi connectivity index (χ0n) is 11.3. The summed E-state index contributed by atoms with van der Waals surface area (Å²) in [5, 5.41) is 0.240. The van der Waals surface area contributed by atoms with Crippen molar-refractivity contribution in [3.05, 3.63) is 34.6 Å². The maximum Gasteiger partial charge on any atom is 0.144 e. The minimum absolute atomic E-state index is 0.235. The second-order valence-corrected chi connectivity index (χ2v) is 7.24. The first-order valence-corrected chi connectivity index (χ1v) is 8.48. The Bertz CT molecular complexity index is 421. The van der Waals surface area contributed by atoms with Gasteiger partial charge in [0.1, 0.15) is 5.82 Å². The Morgan fingerprint density at radius 3 is 2.89 bits per heavy atom. The van der Waals surface area contributed by atoms with Crippen LogP contribution in [0.4, 0.5) is 4.39 Å². The van der Waals surface area contributed by atoms with Crippen LogP contribution in [0.5, 0.6) is 0 Å². The van der Waals surface area contributed by atoms with E-state index >= 15 is 0 Å². The third-order valence-electron chi connectivity index (χ3n) is 4.21. The zero-order valence-corrected chi connectivity index (χ0v) is 13.7. The fraction of sp³-hybridized carbons (Fsp3) is 0.625. The van der Waals surface area contributed by atoms with Crippen molar-refractivity contribution in [2.45, 2.75) is 50.3 Å². The van der Waals surface area contributed by atoms with E-state index in [9.17, 15) is 4.39 Å². The van der Waals surface area contributed by atoms with Gasteiger partial charge in [0.2, 0.25) is 0 Å². The summed E-state index contributed by atoms with van der Waals surface area (Å²) in [4.78, 5) is 0.513. The molecule has 0 bridgehead atoms. The molecule has 1 fully saturated rings. The van der Waals surface area contributed by atoms with Crippen molar-refractivity contribution < 1.29 is 4.39 Å². The fourth-order valence-corrected chi connectivity index (χ4v) is 4.06. The highest BCUT2D eigenvalue weighted by atomic mass is 79.9. The summed E-state index contributed by atoms with van der Waals surface area (Å²) in [6.07, 6.45) is 7.05. The second kappa shape index (κ2) is 7.08. The van der Waals surface area contributed by atoms with Gasteiger partial charge in [-0.3, -0.25) is 0 Å². The minimum atomic E-state index is -0.235. The van der Waals surface area contributed by atoms with Crippen LogP contribution < -0.4 is 0 Å². The highest BCUT2D eigenvalue weighted by Crippen LogP contribution is 2.38. The molecule has 1 saturated carbocycles. The Morgan fingerprint density at radius 2 is 2.16 bits per heavy atom. The van der Waals surface area contributed by atoms with E-state index in [0.717, 1.165) is 17.9 Å². The van der Waals surface area contributed by atoms with Crippen molar-refractivity contribution in [2.75, 3.05) is 0 Å². The maximum absolute atomic E-state index is 14.0. The fourth-order valence-electron chi connectivity index (χ4n) is 3.19. The van der Waals surface area contributed by atoms with Crippen LogP contribution in [0.3, 0.4) is 0 Å². The number of benzene rings is 1. The average molecular weight is 348 g/mol. The van der Waals surface area contributed by atoms with Crippen LogP contribution in [0, 0.1) is 17.7 Å². The summed E-state index contributed by atoms with van der Waals surface area (Å²) in [6.45, 7) is 2.24. The van der Waals surface area contributed by atoms with Gasteiger partial charge >= 0.3 is 0 Å². The van der Waals surface area contributed by atoms with E-state index in [4.69, 9.17) is 11.6 Å². The molecule has 0 spiro atoms. The molecule has 0 aromatic heterocycles. The van der Waals surface area contributed by atoms with E-state index in [1.165, 1.54) is 32.1 Å². The molecule has 0 amide bonds. The largest absolute Gasteiger partial charge is 0.205 e. The highest BCUT2D eigenvalue weighted by molar-refractivity contribution is 9.09. The molecule has 0 saturated heterocycles. The monoisotopic (exact) mass is 346 g/mol. The van der Waals surface area contributed by atoms with Crippen molar-refractivity contribution in [3.63, 3.8) is 0 Å². The first kappa shape index (κ1) is 15.3. The smallest absolute Gasteiger partial charge is 0.144 e. The van der Waals surface area contributed by atoms with Gasteiger partial charge in [-0.1, -0.05) is 59.4 Å². The lowest BCUT2D eigenvalue weighted by Crippen LogP contribution is -2.27. The topological polar surface area (TPSA) is 0 Å². The lowest BCUT2D eigenvalue weighted by atomic mass is 9.77. The van der Waals surface area contributed by atoms with Crippen molar-refractivity contribution in [1.82, 2.24) is 0 Å². The summed E-state index contributed by atoms with van der Waals surface area (Å²) in [7, 11) is 0. The molecule has 1 aromatic rings. The lowest BCUT2D eigenvalue weighted by Gasteiger charge is -2.33. The Hall–Kier alpha value is -0.0800. The average Bonchev–Trinajstić information content (AvgIpc) is 2.39. The van der Waals surface area contributed by atoms with Gasteiger partial charge in [-0.2, -0.15) is 0 Å². The first-order valence-electron chi connectivity index (χ1n) is 7.18. The number of hydrogen-bond acceptors (Lipinski definition) is 0. The Balaban J connectivity index is 2.05. The van der Waals surface area contributed by atoms with E-state index in [-0.39, 0.29) is 10.8 Å². The van der Waals surface area contributed by atoms with Gasteiger partial charge in [-0.05, 0) is 49.1 Å². The van der Waals surface area contributed by atoms with E-state index in [2.05, 4.69) is 22.9 Å². The van der Waals surface area contributed by atoms with Gasteiger partial charge in [-0.15, -0.1) is 0 Å². The molecule has 0 heterocycles. The van der Waals surface area contributed by atoms with Gasteiger partial charge < -0.3 is 0 Å². The van der Waals surface area contributed by atoms with Crippen LogP contribution in [-0.2, 0) is 6.42 Å². The van der Waals surface area contributed by atoms with E-state index in [0.29, 0.717) is 10.7 Å². The standard InChI is InChI=1S/C16H21BrClF/c1-2-4-11-7-8-14(17)13(9-11)10-12-5-3-6-15(18)16(12)19/h3,5-6,11,13-14H,2,4,7-10H2,1H3. The van der Waals surface area contributed by atoms with Gasteiger partial charge in [0.05, 0.1) is 5.02 Å². The summed E-state index contributed by atoms with van der Waals surface area (Å²) < 4.78 is 14.0. The summed E-state index contributed by atoms with van der Waals surface area (Å²) >= 11 is 9.64. The normalized spacial score (nSPS) is 27.5. The molecule has 1 aliphatic rings. The molecule has 3 atom stereocenters. The molecule has 19 heavy (non-hydrogen) atoms. The SMILES string of the molecule is CCCC1CCC(Br)C(Cc2cccc(Cl)c2F)C1. The van der Waals surface area contributed by atoms with Crippen LogP contribution >= 0.6 is 27.5 Å². The number of halogens is 3. The molecule has 3 heteroatoms. The zero-order chi connectivity index (χ0) is 13.8. The molecule has 106 valence electrons. The molecule has 3 unspecified atom stereocenters. The van der Waals surface area contributed by atoms with E-state index in [1.807, 2.05) is 12.1 Å². The first-order chi connectivity index (χ1) is 9.11. The van der Waals surface area contributed by atoms with Crippen molar-refractivity contribution in [3.8, 4) is 0 Å². The van der Waals surface area contributed by atoms with Crippen LogP contribution in [0.15, 0.2) is 18.2 Å². The van der Waals surface area contributed by atoms with Gasteiger partial charge in [0.25, 0.3) is 0 Å². The lowest BCUT2D eigenvalue weighted by molar-refractivity contribution is 0.262. The highest BCUT2D eigenvalue weighted by Gasteiger charge is 2.29. The Morgan fingerprint density at radius 1 is 1.37 bits per heavy atom. The Labute approximate surface area is 128 Å². The van der Waals surface area contributed by atoms with Crippen molar-refractivity contribution in [1.29, 1.82) is 0 Å². The Kier molecular flexibility index (Phi) is 5.70. The van der Waals surface area contributed by atoms with Gasteiger partial charge in [0.15, 0.2) is 0 Å². The molecule has 0 aliphatic heterocycles. The number of alkyl halides is 1. The summed E-state index contributed by atoms with van der Waals surface area (Å²) in [5.41, 5.74) is 0.763. The number of rotatable bonds is 4. The molecular formula is C16H21BrClF. The van der Waals surface area contributed by atoms with E-state index in [1.54, 1.807) is 6.07 Å². The minimum Gasteiger partial charge on any atom is -0.205 e. The van der Waals surface area contributed by atoms with Crippen LogP contribution in [0.1, 0.15) is 44.6 Å². The van der Waals surface area contributed by atoms with Gasteiger partial charge in [0, 0.05) is 4.83 Å². The molecule has 0 nitrogen and oxygen atoms in total. The maximum atomic E-state index is 14.0. The van der Waals surface area contributed by atoms with Crippen molar-refractivity contribution >= 4 is 27.5 Å². The third-order valence-corrected chi connectivity index (χ3v) is 5.71. The van der Waals surface area contributed by atoms with Gasteiger partial charge in [-0.25, -0.2) is 4.39 Å².